The maximum absolute atomic E-state index is 5.54. The van der Waals surface area contributed by atoms with Gasteiger partial charge in [-0.05, 0) is 30.5 Å². The first-order valence-corrected chi connectivity index (χ1v) is 7.77. The van der Waals surface area contributed by atoms with E-state index in [9.17, 15) is 0 Å². The summed E-state index contributed by atoms with van der Waals surface area (Å²) in [6, 6.07) is 18.1. The first kappa shape index (κ1) is 14.5. The van der Waals surface area contributed by atoms with Crippen molar-refractivity contribution in [2.45, 2.75) is 13.8 Å². The largest absolute Gasteiger partial charge is 0.363 e. The molecule has 2 heterocycles. The second kappa shape index (κ2) is 5.81. The van der Waals surface area contributed by atoms with Gasteiger partial charge in [0.25, 0.3) is 0 Å². The summed E-state index contributed by atoms with van der Waals surface area (Å²) in [5.74, 6) is 0.724. The molecule has 0 saturated carbocycles. The third kappa shape index (κ3) is 2.42. The fourth-order valence-electron chi connectivity index (χ4n) is 2.85. The first-order chi connectivity index (χ1) is 11.7. The fraction of sp³-hybridized carbons (Fsp3) is 0.100. The van der Waals surface area contributed by atoms with E-state index in [-0.39, 0.29) is 0 Å². The molecule has 0 saturated heterocycles. The Hall–Kier alpha value is -3.14. The van der Waals surface area contributed by atoms with Crippen LogP contribution >= 0.6 is 0 Å². The lowest BCUT2D eigenvalue weighted by molar-refractivity contribution is 0.417. The van der Waals surface area contributed by atoms with Gasteiger partial charge in [0.05, 0.1) is 5.56 Å². The summed E-state index contributed by atoms with van der Waals surface area (Å²) in [7, 11) is 0. The second-order valence-electron chi connectivity index (χ2n) is 5.78. The van der Waals surface area contributed by atoms with Crippen molar-refractivity contribution in [2.75, 3.05) is 0 Å². The number of nitrogens with zero attached hydrogens (tertiary/aromatic N) is 2. The molecule has 0 N–H and O–H groups in total. The second-order valence-corrected chi connectivity index (χ2v) is 5.78. The van der Waals surface area contributed by atoms with Crippen LogP contribution in [0.25, 0.3) is 33.8 Å². The summed E-state index contributed by atoms with van der Waals surface area (Å²) in [6.07, 6.45) is 1.65. The molecule has 0 aliphatic carbocycles. The molecule has 118 valence electrons. The molecule has 2 aromatic carbocycles. The maximum Gasteiger partial charge on any atom is 0.167 e. The van der Waals surface area contributed by atoms with Crippen molar-refractivity contribution in [1.29, 1.82) is 0 Å². The van der Waals surface area contributed by atoms with Crippen molar-refractivity contribution >= 4 is 0 Å². The molecular weight excluding hydrogens is 300 g/mol. The Labute approximate surface area is 139 Å². The van der Waals surface area contributed by atoms with Gasteiger partial charge < -0.3 is 9.05 Å². The summed E-state index contributed by atoms with van der Waals surface area (Å²) in [5, 5.41) is 8.33. The highest BCUT2D eigenvalue weighted by molar-refractivity contribution is 5.81. The van der Waals surface area contributed by atoms with Crippen LogP contribution in [0.1, 0.15) is 11.1 Å². The van der Waals surface area contributed by atoms with E-state index in [2.05, 4.69) is 23.3 Å². The van der Waals surface area contributed by atoms with Gasteiger partial charge in [-0.15, -0.1) is 0 Å². The molecule has 0 atom stereocenters. The average molecular weight is 316 g/mol. The zero-order valence-electron chi connectivity index (χ0n) is 13.5. The van der Waals surface area contributed by atoms with Crippen molar-refractivity contribution < 1.29 is 9.05 Å². The molecule has 0 unspecified atom stereocenters. The van der Waals surface area contributed by atoms with E-state index in [4.69, 9.17) is 9.05 Å². The van der Waals surface area contributed by atoms with Gasteiger partial charge >= 0.3 is 0 Å². The molecular formula is C20H16N2O2. The van der Waals surface area contributed by atoms with Crippen LogP contribution in [-0.2, 0) is 0 Å². The molecule has 0 bridgehead atoms. The number of benzene rings is 2. The quantitative estimate of drug-likeness (QED) is 0.516. The van der Waals surface area contributed by atoms with Crippen LogP contribution < -0.4 is 0 Å². The molecule has 0 radical (unpaired) electrons. The summed E-state index contributed by atoms with van der Waals surface area (Å²) in [6.45, 7) is 4.11. The van der Waals surface area contributed by atoms with Crippen LogP contribution in [0.5, 0.6) is 0 Å². The van der Waals surface area contributed by atoms with Gasteiger partial charge in [-0.25, -0.2) is 0 Å². The number of aromatic nitrogens is 2. The number of rotatable bonds is 3. The van der Waals surface area contributed by atoms with Gasteiger partial charge in [0.2, 0.25) is 0 Å². The van der Waals surface area contributed by atoms with Crippen LogP contribution in [0, 0.1) is 13.8 Å². The van der Waals surface area contributed by atoms with Crippen molar-refractivity contribution in [3.63, 3.8) is 0 Å². The zero-order valence-corrected chi connectivity index (χ0v) is 13.5. The van der Waals surface area contributed by atoms with Crippen molar-refractivity contribution in [3.8, 4) is 33.8 Å². The number of hydrogen-bond acceptors (Lipinski definition) is 4. The van der Waals surface area contributed by atoms with E-state index in [1.54, 1.807) is 6.26 Å². The Bertz CT molecular complexity index is 998. The maximum atomic E-state index is 5.54. The van der Waals surface area contributed by atoms with Crippen LogP contribution in [-0.4, -0.2) is 10.3 Å². The van der Waals surface area contributed by atoms with Crippen molar-refractivity contribution in [1.82, 2.24) is 10.3 Å². The summed E-state index contributed by atoms with van der Waals surface area (Å²) in [4.78, 5) is 0. The highest BCUT2D eigenvalue weighted by atomic mass is 16.5. The van der Waals surface area contributed by atoms with Gasteiger partial charge in [0, 0.05) is 11.6 Å². The fourth-order valence-corrected chi connectivity index (χ4v) is 2.85. The lowest BCUT2D eigenvalue weighted by atomic mass is 10.00. The molecule has 0 aliphatic rings. The molecule has 4 aromatic rings. The van der Waals surface area contributed by atoms with Gasteiger partial charge in [-0.3, -0.25) is 0 Å². The van der Waals surface area contributed by atoms with Crippen LogP contribution in [0.3, 0.4) is 0 Å². The number of hydrogen-bond donors (Lipinski definition) is 0. The molecule has 2 aromatic heterocycles. The monoisotopic (exact) mass is 316 g/mol. The van der Waals surface area contributed by atoms with E-state index in [0.717, 1.165) is 33.6 Å². The summed E-state index contributed by atoms with van der Waals surface area (Å²) in [5.41, 5.74) is 6.67. The average Bonchev–Trinajstić information content (AvgIpc) is 3.24. The van der Waals surface area contributed by atoms with Crippen molar-refractivity contribution in [3.05, 3.63) is 72.0 Å². The number of aryl methyl sites for hydroxylation is 2. The highest BCUT2D eigenvalue weighted by Gasteiger charge is 2.18. The third-order valence-electron chi connectivity index (χ3n) is 4.17. The standard InChI is InChI=1S/C20H16N2O2/c1-13-7-3-5-9-15(13)17-12-23-22-20(17)18-11-19(24-21-18)16-10-6-4-8-14(16)2/h3-12H,1-2H3. The molecule has 0 amide bonds. The Morgan fingerprint density at radius 1 is 0.750 bits per heavy atom. The molecule has 24 heavy (non-hydrogen) atoms. The predicted octanol–water partition coefficient (Wildman–Crippen LogP) is 5.28. The SMILES string of the molecule is Cc1ccccc1-c1cc(-c2nocc2-c2ccccc2C)no1. The van der Waals surface area contributed by atoms with E-state index >= 15 is 0 Å². The Kier molecular flexibility index (Phi) is 3.50. The normalized spacial score (nSPS) is 10.9. The van der Waals surface area contributed by atoms with Gasteiger partial charge in [-0.2, -0.15) is 0 Å². The van der Waals surface area contributed by atoms with E-state index in [0.29, 0.717) is 11.4 Å². The van der Waals surface area contributed by atoms with Gasteiger partial charge in [0.15, 0.2) is 5.76 Å². The lowest BCUT2D eigenvalue weighted by Gasteiger charge is -2.02. The van der Waals surface area contributed by atoms with E-state index in [1.165, 1.54) is 0 Å². The third-order valence-corrected chi connectivity index (χ3v) is 4.17. The molecule has 4 rings (SSSR count). The van der Waals surface area contributed by atoms with E-state index < -0.39 is 0 Å². The smallest absolute Gasteiger partial charge is 0.167 e. The van der Waals surface area contributed by atoms with Crippen LogP contribution in [0.4, 0.5) is 0 Å². The summed E-state index contributed by atoms with van der Waals surface area (Å²) >= 11 is 0. The molecule has 0 spiro atoms. The Morgan fingerprint density at radius 3 is 2.12 bits per heavy atom. The Morgan fingerprint density at radius 2 is 1.42 bits per heavy atom. The minimum atomic E-state index is 0.667. The molecule has 4 heteroatoms. The lowest BCUT2D eigenvalue weighted by Crippen LogP contribution is -1.85. The first-order valence-electron chi connectivity index (χ1n) is 7.77. The van der Waals surface area contributed by atoms with Crippen LogP contribution in [0.15, 0.2) is 69.9 Å². The van der Waals surface area contributed by atoms with Gasteiger partial charge in [0.1, 0.15) is 17.7 Å². The molecule has 4 nitrogen and oxygen atoms in total. The topological polar surface area (TPSA) is 52.1 Å². The highest BCUT2D eigenvalue weighted by Crippen LogP contribution is 2.34. The van der Waals surface area contributed by atoms with E-state index in [1.807, 2.05) is 55.5 Å². The minimum Gasteiger partial charge on any atom is -0.363 e. The van der Waals surface area contributed by atoms with Crippen molar-refractivity contribution in [2.24, 2.45) is 0 Å². The molecule has 0 fully saturated rings. The Balaban J connectivity index is 1.79. The van der Waals surface area contributed by atoms with Crippen LogP contribution in [0.2, 0.25) is 0 Å². The zero-order chi connectivity index (χ0) is 16.5. The minimum absolute atomic E-state index is 0.667. The predicted molar refractivity (Wildman–Crippen MR) is 92.3 cm³/mol. The summed E-state index contributed by atoms with van der Waals surface area (Å²) < 4.78 is 10.8. The van der Waals surface area contributed by atoms with Gasteiger partial charge in [-0.1, -0.05) is 58.8 Å². The molecule has 0 aliphatic heterocycles.